The summed E-state index contributed by atoms with van der Waals surface area (Å²) < 4.78 is 26.6. The largest absolute Gasteiger partial charge is 0.394 e. The van der Waals surface area contributed by atoms with E-state index in [4.69, 9.17) is 33.9 Å². The monoisotopic (exact) mass is 504 g/mol. The summed E-state index contributed by atoms with van der Waals surface area (Å²) in [4.78, 5) is 0. The smallest absolute Gasteiger partial charge is 0.187 e. The molecule has 1 unspecified atom stereocenters. The Kier molecular flexibility index (Phi) is 9.54. The SMILES string of the molecule is OC[C@@H](O)[C@@H]1O[C@@H](O[C@H]2[C@H]([C@@H](CO)O[C@@H]3O[C@@H]([C@H](O)CO)[C@H](O)[C@H]3O)OC(O)[C@@H]2O)[C@H](O)[C@H]1O. The Labute approximate surface area is 192 Å². The Morgan fingerprint density at radius 3 is 1.59 bits per heavy atom. The summed E-state index contributed by atoms with van der Waals surface area (Å²) in [6.45, 7) is -2.42. The van der Waals surface area contributed by atoms with Gasteiger partial charge in [-0.3, -0.25) is 0 Å². The molecule has 34 heavy (non-hydrogen) atoms. The van der Waals surface area contributed by atoms with Crippen LogP contribution in [0.1, 0.15) is 0 Å². The van der Waals surface area contributed by atoms with Crippen molar-refractivity contribution in [2.75, 3.05) is 19.8 Å². The molecule has 3 heterocycles. The van der Waals surface area contributed by atoms with Crippen LogP contribution in [-0.4, -0.2) is 168 Å². The fourth-order valence-electron chi connectivity index (χ4n) is 4.10. The van der Waals surface area contributed by atoms with Crippen molar-refractivity contribution in [3.05, 3.63) is 0 Å². The summed E-state index contributed by atoms with van der Waals surface area (Å²) in [6, 6.07) is 0. The molecule has 3 aliphatic heterocycles. The van der Waals surface area contributed by atoms with Gasteiger partial charge in [-0.05, 0) is 0 Å². The summed E-state index contributed by atoms with van der Waals surface area (Å²) in [5, 5.41) is 108. The van der Waals surface area contributed by atoms with Gasteiger partial charge in [0.15, 0.2) is 18.9 Å². The van der Waals surface area contributed by atoms with E-state index >= 15 is 0 Å². The van der Waals surface area contributed by atoms with Crippen LogP contribution in [0.4, 0.5) is 0 Å². The predicted molar refractivity (Wildman–Crippen MR) is 101 cm³/mol. The van der Waals surface area contributed by atoms with Crippen molar-refractivity contribution in [2.24, 2.45) is 0 Å². The molecule has 0 radical (unpaired) electrons. The van der Waals surface area contributed by atoms with Crippen LogP contribution >= 0.6 is 0 Å². The lowest BCUT2D eigenvalue weighted by Crippen LogP contribution is -2.49. The van der Waals surface area contributed by atoms with Gasteiger partial charge in [0.25, 0.3) is 0 Å². The molecule has 3 fully saturated rings. The normalized spacial score (nSPS) is 47.7. The van der Waals surface area contributed by atoms with Crippen molar-refractivity contribution >= 4 is 0 Å². The van der Waals surface area contributed by atoms with Gasteiger partial charge in [0.2, 0.25) is 0 Å². The van der Waals surface area contributed by atoms with E-state index in [1.165, 1.54) is 0 Å². The molecule has 0 saturated carbocycles. The lowest BCUT2D eigenvalue weighted by molar-refractivity contribution is -0.256. The van der Waals surface area contributed by atoms with Crippen molar-refractivity contribution in [1.29, 1.82) is 0 Å². The van der Waals surface area contributed by atoms with Crippen LogP contribution in [0.2, 0.25) is 0 Å². The highest BCUT2D eigenvalue weighted by atomic mass is 16.8. The van der Waals surface area contributed by atoms with Gasteiger partial charge in [-0.15, -0.1) is 0 Å². The molecule has 0 aromatic heterocycles. The van der Waals surface area contributed by atoms with Gasteiger partial charge < -0.3 is 79.9 Å². The molecule has 0 amide bonds. The molecule has 0 bridgehead atoms. The minimum Gasteiger partial charge on any atom is -0.394 e. The fraction of sp³-hybridized carbons (Fsp3) is 1.00. The molecule has 0 aromatic rings. The van der Waals surface area contributed by atoms with Gasteiger partial charge >= 0.3 is 0 Å². The van der Waals surface area contributed by atoms with Crippen molar-refractivity contribution in [1.82, 2.24) is 0 Å². The molecular weight excluding hydrogens is 472 g/mol. The highest BCUT2D eigenvalue weighted by Gasteiger charge is 2.55. The van der Waals surface area contributed by atoms with E-state index in [1.807, 2.05) is 0 Å². The topological polar surface area (TPSA) is 269 Å². The van der Waals surface area contributed by atoms with E-state index < -0.39 is 112 Å². The molecule has 11 N–H and O–H groups in total. The summed E-state index contributed by atoms with van der Waals surface area (Å²) in [6.07, 6.45) is -24.1. The van der Waals surface area contributed by atoms with Crippen LogP contribution in [0, 0.1) is 0 Å². The molecule has 0 aromatic carbocycles. The predicted octanol–water partition coefficient (Wildman–Crippen LogP) is -7.57. The average molecular weight is 504 g/mol. The molecule has 200 valence electrons. The zero-order valence-corrected chi connectivity index (χ0v) is 17.7. The number of aliphatic hydroxyl groups excluding tert-OH is 11. The van der Waals surface area contributed by atoms with Gasteiger partial charge in [0.1, 0.15) is 73.2 Å². The Hall–Kier alpha value is -0.640. The van der Waals surface area contributed by atoms with Crippen molar-refractivity contribution in [3.8, 4) is 0 Å². The Balaban J connectivity index is 1.71. The summed E-state index contributed by atoms with van der Waals surface area (Å²) in [7, 11) is 0. The van der Waals surface area contributed by atoms with Crippen LogP contribution in [0.3, 0.4) is 0 Å². The lowest BCUT2D eigenvalue weighted by Gasteiger charge is -2.31. The van der Waals surface area contributed by atoms with Gasteiger partial charge in [0, 0.05) is 0 Å². The summed E-state index contributed by atoms with van der Waals surface area (Å²) in [5.74, 6) is 0. The highest BCUT2D eigenvalue weighted by molar-refractivity contribution is 4.97. The second kappa shape index (κ2) is 11.6. The molecule has 16 nitrogen and oxygen atoms in total. The first-order chi connectivity index (χ1) is 16.0. The second-order valence-corrected chi connectivity index (χ2v) is 8.34. The molecule has 0 aliphatic carbocycles. The summed E-state index contributed by atoms with van der Waals surface area (Å²) in [5.41, 5.74) is 0. The van der Waals surface area contributed by atoms with Crippen molar-refractivity contribution in [2.45, 2.75) is 92.1 Å². The maximum absolute atomic E-state index is 10.3. The van der Waals surface area contributed by atoms with E-state index in [0.717, 1.165) is 0 Å². The molecule has 3 saturated heterocycles. The van der Waals surface area contributed by atoms with E-state index in [9.17, 15) is 46.0 Å². The highest BCUT2D eigenvalue weighted by Crippen LogP contribution is 2.34. The van der Waals surface area contributed by atoms with Crippen LogP contribution in [0.15, 0.2) is 0 Å². The molecule has 16 heteroatoms. The quantitative estimate of drug-likeness (QED) is 0.132. The molecule has 15 atom stereocenters. The van der Waals surface area contributed by atoms with Crippen LogP contribution in [0.5, 0.6) is 0 Å². The third-order valence-corrected chi connectivity index (χ3v) is 6.04. The van der Waals surface area contributed by atoms with Crippen molar-refractivity contribution in [3.63, 3.8) is 0 Å². The fourth-order valence-corrected chi connectivity index (χ4v) is 4.10. The standard InChI is InChI=1S/C18H32O16/c19-1-4(22)12-7(24)9(26)17(32-12)30-6(3-21)14-15(11(28)16(29)31-14)34-18-10(27)8(25)13(33-18)5(23)2-20/h4-29H,1-3H2/t4-,5-,6-,7-,8-,9-,10-,11-,12+,13+,14+,15-,16?,17-,18+/m1/s1. The van der Waals surface area contributed by atoms with Gasteiger partial charge in [-0.2, -0.15) is 0 Å². The maximum atomic E-state index is 10.3. The third kappa shape index (κ3) is 5.37. The number of aliphatic hydroxyl groups is 11. The summed E-state index contributed by atoms with van der Waals surface area (Å²) >= 11 is 0. The van der Waals surface area contributed by atoms with E-state index in [1.54, 1.807) is 0 Å². The third-order valence-electron chi connectivity index (χ3n) is 6.04. The van der Waals surface area contributed by atoms with Crippen LogP contribution in [0.25, 0.3) is 0 Å². The molecule has 3 aliphatic rings. The first kappa shape index (κ1) is 27.9. The Morgan fingerprint density at radius 2 is 1.09 bits per heavy atom. The lowest BCUT2D eigenvalue weighted by atomic mass is 10.0. The second-order valence-electron chi connectivity index (χ2n) is 8.34. The van der Waals surface area contributed by atoms with Gasteiger partial charge in [0.05, 0.1) is 19.8 Å². The van der Waals surface area contributed by atoms with E-state index in [0.29, 0.717) is 0 Å². The Bertz CT molecular complexity index is 641. The number of rotatable bonds is 10. The first-order valence-electron chi connectivity index (χ1n) is 10.6. The molecule has 3 rings (SSSR count). The minimum absolute atomic E-state index is 0.786. The van der Waals surface area contributed by atoms with E-state index in [2.05, 4.69) is 0 Å². The number of hydrogen-bond acceptors (Lipinski definition) is 16. The first-order valence-corrected chi connectivity index (χ1v) is 10.6. The zero-order chi connectivity index (χ0) is 25.3. The van der Waals surface area contributed by atoms with E-state index in [-0.39, 0.29) is 0 Å². The number of ether oxygens (including phenoxy) is 5. The minimum atomic E-state index is -1.85. The van der Waals surface area contributed by atoms with Crippen molar-refractivity contribution < 1.29 is 79.9 Å². The average Bonchev–Trinajstić information content (AvgIpc) is 3.39. The Morgan fingerprint density at radius 1 is 0.588 bits per heavy atom. The van der Waals surface area contributed by atoms with Gasteiger partial charge in [-0.25, -0.2) is 0 Å². The zero-order valence-electron chi connectivity index (χ0n) is 17.7. The molecular formula is C18H32O16. The maximum Gasteiger partial charge on any atom is 0.187 e. The molecule has 0 spiro atoms. The number of hydrogen-bond donors (Lipinski definition) is 11. The van der Waals surface area contributed by atoms with Crippen LogP contribution < -0.4 is 0 Å². The van der Waals surface area contributed by atoms with Gasteiger partial charge in [-0.1, -0.05) is 0 Å². The van der Waals surface area contributed by atoms with Crippen LogP contribution in [-0.2, 0) is 23.7 Å².